The summed E-state index contributed by atoms with van der Waals surface area (Å²) in [5.41, 5.74) is 2.33. The second-order valence-electron chi connectivity index (χ2n) is 5.90. The zero-order valence-corrected chi connectivity index (χ0v) is 13.8. The number of fused-ring (bicyclic) bond motifs is 1. The van der Waals surface area contributed by atoms with Gasteiger partial charge in [-0.3, -0.25) is 9.59 Å². The monoisotopic (exact) mass is 336 g/mol. The number of amides is 2. The molecule has 1 aliphatic heterocycles. The van der Waals surface area contributed by atoms with Gasteiger partial charge in [0, 0.05) is 11.3 Å². The number of carbonyl (C=O) groups is 2. The van der Waals surface area contributed by atoms with Gasteiger partial charge in [0.05, 0.1) is 6.04 Å². The zero-order valence-electron chi connectivity index (χ0n) is 13.8. The van der Waals surface area contributed by atoms with Crippen molar-refractivity contribution in [2.45, 2.75) is 18.9 Å². The van der Waals surface area contributed by atoms with E-state index in [4.69, 9.17) is 4.74 Å². The van der Waals surface area contributed by atoms with Crippen LogP contribution in [0.4, 0.5) is 5.69 Å². The molecule has 2 aromatic carbocycles. The Balaban J connectivity index is 1.59. The maximum atomic E-state index is 12.4. The van der Waals surface area contributed by atoms with E-state index >= 15 is 0 Å². The Bertz CT molecular complexity index is 757. The highest BCUT2D eigenvalue weighted by Gasteiger charge is 2.19. The molecule has 128 valence electrons. The molecule has 1 unspecified atom stereocenters. The van der Waals surface area contributed by atoms with Crippen LogP contribution in [0, 0.1) is 0 Å². The summed E-state index contributed by atoms with van der Waals surface area (Å²) < 4.78 is 5.80. The van der Waals surface area contributed by atoms with Gasteiger partial charge in [-0.15, -0.1) is 0 Å². The number of aryl methyl sites for hydroxylation is 1. The van der Waals surface area contributed by atoms with Crippen LogP contribution in [0.3, 0.4) is 0 Å². The number of ether oxygens (including phenoxy) is 1. The second kappa shape index (κ2) is 7.66. The van der Waals surface area contributed by atoms with Crippen LogP contribution in [-0.4, -0.2) is 24.5 Å². The molecular weight excluding hydrogens is 316 g/mol. The van der Waals surface area contributed by atoms with Gasteiger partial charge >= 0.3 is 0 Å². The maximum Gasteiger partial charge on any atom is 0.251 e. The summed E-state index contributed by atoms with van der Waals surface area (Å²) in [6, 6.07) is 14.6. The molecule has 0 spiro atoms. The Hall–Kier alpha value is -3.08. The molecule has 1 heterocycles. The third-order valence-corrected chi connectivity index (χ3v) is 4.11. The van der Waals surface area contributed by atoms with Crippen LogP contribution >= 0.6 is 0 Å². The first-order valence-electron chi connectivity index (χ1n) is 8.21. The highest BCUT2D eigenvalue weighted by Crippen LogP contribution is 2.23. The van der Waals surface area contributed by atoms with E-state index in [1.165, 1.54) is 11.6 Å². The number of anilines is 1. The molecule has 1 aliphatic rings. The Labute approximate surface area is 146 Å². The van der Waals surface area contributed by atoms with Crippen molar-refractivity contribution < 1.29 is 14.3 Å². The Morgan fingerprint density at radius 3 is 2.64 bits per heavy atom. The first kappa shape index (κ1) is 16.8. The average molecular weight is 336 g/mol. The van der Waals surface area contributed by atoms with E-state index in [-0.39, 0.29) is 17.9 Å². The van der Waals surface area contributed by atoms with Gasteiger partial charge in [-0.05, 0) is 54.8 Å². The van der Waals surface area contributed by atoms with Gasteiger partial charge in [0.1, 0.15) is 12.4 Å². The van der Waals surface area contributed by atoms with E-state index in [9.17, 15) is 9.59 Å². The highest BCUT2D eigenvalue weighted by atomic mass is 16.5. The van der Waals surface area contributed by atoms with Crippen LogP contribution in [0.5, 0.6) is 5.75 Å². The molecule has 2 amide bonds. The molecule has 25 heavy (non-hydrogen) atoms. The summed E-state index contributed by atoms with van der Waals surface area (Å²) in [4.78, 5) is 23.7. The van der Waals surface area contributed by atoms with Gasteiger partial charge in [-0.1, -0.05) is 24.8 Å². The fourth-order valence-corrected chi connectivity index (χ4v) is 2.74. The Morgan fingerprint density at radius 2 is 1.88 bits per heavy atom. The number of hydrogen-bond donors (Lipinski definition) is 2. The van der Waals surface area contributed by atoms with Crippen molar-refractivity contribution in [1.29, 1.82) is 0 Å². The van der Waals surface area contributed by atoms with Gasteiger partial charge in [0.2, 0.25) is 5.91 Å². The number of benzene rings is 2. The van der Waals surface area contributed by atoms with Crippen LogP contribution in [0.25, 0.3) is 0 Å². The SMILES string of the molecule is C=CC(=O)Nc1ccc(C(=O)NC2CCc3ccccc3OC2)cc1. The lowest BCUT2D eigenvalue weighted by Crippen LogP contribution is -2.38. The predicted octanol–water partition coefficient (Wildman–Crippen LogP) is 2.93. The van der Waals surface area contributed by atoms with E-state index in [1.807, 2.05) is 18.2 Å². The number of hydrogen-bond acceptors (Lipinski definition) is 3. The quantitative estimate of drug-likeness (QED) is 0.844. The fourth-order valence-electron chi connectivity index (χ4n) is 2.74. The predicted molar refractivity (Wildman–Crippen MR) is 96.8 cm³/mol. The summed E-state index contributed by atoms with van der Waals surface area (Å²) in [5, 5.41) is 5.66. The van der Waals surface area contributed by atoms with Crippen molar-refractivity contribution in [2.24, 2.45) is 0 Å². The number of rotatable bonds is 4. The van der Waals surface area contributed by atoms with Crippen molar-refractivity contribution >= 4 is 17.5 Å². The van der Waals surface area contributed by atoms with Gasteiger partial charge in [0.15, 0.2) is 0 Å². The molecule has 0 aliphatic carbocycles. The van der Waals surface area contributed by atoms with Crippen molar-refractivity contribution in [3.05, 3.63) is 72.3 Å². The Kier molecular flexibility index (Phi) is 5.14. The minimum absolute atomic E-state index is 0.0416. The molecular formula is C20H20N2O3. The van der Waals surface area contributed by atoms with E-state index < -0.39 is 0 Å². The molecule has 0 fully saturated rings. The van der Waals surface area contributed by atoms with Crippen molar-refractivity contribution in [3.8, 4) is 5.75 Å². The van der Waals surface area contributed by atoms with Crippen LogP contribution in [0.1, 0.15) is 22.3 Å². The van der Waals surface area contributed by atoms with Gasteiger partial charge in [-0.25, -0.2) is 0 Å². The van der Waals surface area contributed by atoms with Crippen LogP contribution in [0.15, 0.2) is 61.2 Å². The van der Waals surface area contributed by atoms with E-state index in [0.29, 0.717) is 17.9 Å². The molecule has 1 atom stereocenters. The number of nitrogens with one attached hydrogen (secondary N) is 2. The molecule has 0 bridgehead atoms. The smallest absolute Gasteiger partial charge is 0.251 e. The maximum absolute atomic E-state index is 12.4. The number of carbonyl (C=O) groups excluding carboxylic acids is 2. The van der Waals surface area contributed by atoms with Gasteiger partial charge in [0.25, 0.3) is 5.91 Å². The first-order valence-corrected chi connectivity index (χ1v) is 8.21. The largest absolute Gasteiger partial charge is 0.491 e. The third kappa shape index (κ3) is 4.26. The number of para-hydroxylation sites is 1. The summed E-state index contributed by atoms with van der Waals surface area (Å²) in [6.07, 6.45) is 2.90. The topological polar surface area (TPSA) is 67.4 Å². The summed E-state index contributed by atoms with van der Waals surface area (Å²) in [5.74, 6) is 0.454. The Morgan fingerprint density at radius 1 is 1.12 bits per heavy atom. The van der Waals surface area contributed by atoms with Gasteiger partial charge in [-0.2, -0.15) is 0 Å². The van der Waals surface area contributed by atoms with Crippen molar-refractivity contribution in [1.82, 2.24) is 5.32 Å². The molecule has 0 saturated carbocycles. The minimum atomic E-state index is -0.285. The summed E-state index contributed by atoms with van der Waals surface area (Å²) >= 11 is 0. The molecule has 5 heteroatoms. The summed E-state index contributed by atoms with van der Waals surface area (Å²) in [7, 11) is 0. The second-order valence-corrected chi connectivity index (χ2v) is 5.90. The molecule has 5 nitrogen and oxygen atoms in total. The van der Waals surface area contributed by atoms with E-state index in [1.54, 1.807) is 24.3 Å². The lowest BCUT2D eigenvalue weighted by molar-refractivity contribution is -0.111. The van der Waals surface area contributed by atoms with Crippen LogP contribution in [0.2, 0.25) is 0 Å². The third-order valence-electron chi connectivity index (χ3n) is 4.11. The first-order chi connectivity index (χ1) is 12.2. The molecule has 2 N–H and O–H groups in total. The van der Waals surface area contributed by atoms with Crippen LogP contribution in [-0.2, 0) is 11.2 Å². The molecule has 3 rings (SSSR count). The lowest BCUT2D eigenvalue weighted by atomic mass is 10.1. The van der Waals surface area contributed by atoms with Crippen LogP contribution < -0.4 is 15.4 Å². The molecule has 0 saturated heterocycles. The molecule has 0 radical (unpaired) electrons. The van der Waals surface area contributed by atoms with Crippen molar-refractivity contribution in [3.63, 3.8) is 0 Å². The van der Waals surface area contributed by atoms with E-state index in [0.717, 1.165) is 18.6 Å². The molecule has 0 aromatic heterocycles. The lowest BCUT2D eigenvalue weighted by Gasteiger charge is -2.16. The standard InChI is InChI=1S/C20H20N2O3/c1-2-19(23)21-16-10-8-15(9-11-16)20(24)22-17-12-7-14-5-3-4-6-18(14)25-13-17/h2-6,8-11,17H,1,7,12-13H2,(H,21,23)(H,22,24). The normalized spacial score (nSPS) is 15.9. The summed E-state index contributed by atoms with van der Waals surface area (Å²) in [6.45, 7) is 3.86. The molecule has 2 aromatic rings. The van der Waals surface area contributed by atoms with E-state index in [2.05, 4.69) is 23.3 Å². The minimum Gasteiger partial charge on any atom is -0.491 e. The fraction of sp³-hybridized carbons (Fsp3) is 0.200. The zero-order chi connectivity index (χ0) is 17.6. The highest BCUT2D eigenvalue weighted by molar-refractivity contribution is 5.99. The van der Waals surface area contributed by atoms with Gasteiger partial charge < -0.3 is 15.4 Å². The average Bonchev–Trinajstić information content (AvgIpc) is 2.85. The van der Waals surface area contributed by atoms with Crippen molar-refractivity contribution in [2.75, 3.05) is 11.9 Å².